The monoisotopic (exact) mass is 570 g/mol. The highest BCUT2D eigenvalue weighted by atomic mass is 79.9. The van der Waals surface area contributed by atoms with E-state index in [-0.39, 0.29) is 30.5 Å². The average molecular weight is 572 g/mol. The summed E-state index contributed by atoms with van der Waals surface area (Å²) in [7, 11) is 0. The molecule has 1 aliphatic rings. The Kier molecular flexibility index (Phi) is 16.5. The van der Waals surface area contributed by atoms with Crippen molar-refractivity contribution in [2.75, 3.05) is 33.0 Å². The van der Waals surface area contributed by atoms with Gasteiger partial charge in [-0.05, 0) is 49.3 Å². The van der Waals surface area contributed by atoms with Crippen molar-refractivity contribution in [2.24, 2.45) is 0 Å². The van der Waals surface area contributed by atoms with Gasteiger partial charge in [0.2, 0.25) is 0 Å². The summed E-state index contributed by atoms with van der Waals surface area (Å²) in [5, 5.41) is 0.809. The number of hydrogen-bond donors (Lipinski definition) is 0. The van der Waals surface area contributed by atoms with Crippen molar-refractivity contribution < 1.29 is 23.7 Å². The predicted molar refractivity (Wildman–Crippen MR) is 151 cm³/mol. The maximum atomic E-state index is 6.84. The Balaban J connectivity index is 2.42. The van der Waals surface area contributed by atoms with Gasteiger partial charge in [0.15, 0.2) is 0 Å². The number of alkyl halides is 1. The molecule has 1 aromatic rings. The first-order valence-electron chi connectivity index (χ1n) is 14.3. The lowest BCUT2D eigenvalue weighted by atomic mass is 9.89. The molecule has 5 nitrogen and oxygen atoms in total. The van der Waals surface area contributed by atoms with Gasteiger partial charge >= 0.3 is 0 Å². The highest BCUT2D eigenvalue weighted by Gasteiger charge is 2.48. The topological polar surface area (TPSA) is 46.2 Å². The van der Waals surface area contributed by atoms with Crippen LogP contribution in [0.25, 0.3) is 0 Å². The Hall–Kier alpha value is -0.500. The molecule has 1 saturated heterocycles. The zero-order valence-electron chi connectivity index (χ0n) is 23.4. The van der Waals surface area contributed by atoms with Gasteiger partial charge in [0.1, 0.15) is 30.5 Å². The predicted octanol–water partition coefficient (Wildman–Crippen LogP) is 7.70. The van der Waals surface area contributed by atoms with Crippen molar-refractivity contribution in [1.82, 2.24) is 0 Å². The van der Waals surface area contributed by atoms with Gasteiger partial charge in [-0.1, -0.05) is 87.5 Å². The van der Waals surface area contributed by atoms with Crippen molar-refractivity contribution in [2.45, 2.75) is 122 Å². The summed E-state index contributed by atoms with van der Waals surface area (Å²) in [5.74, 6) is 0. The van der Waals surface area contributed by atoms with E-state index in [9.17, 15) is 0 Å². The second kappa shape index (κ2) is 18.7. The quantitative estimate of drug-likeness (QED) is 0.126. The van der Waals surface area contributed by atoms with Gasteiger partial charge in [0.05, 0.1) is 6.61 Å². The molecule has 1 aromatic carbocycles. The van der Waals surface area contributed by atoms with E-state index >= 15 is 0 Å². The molecule has 1 aliphatic heterocycles. The zero-order chi connectivity index (χ0) is 26.2. The van der Waals surface area contributed by atoms with Crippen molar-refractivity contribution in [3.63, 3.8) is 0 Å². The molecule has 0 aliphatic carbocycles. The van der Waals surface area contributed by atoms with Crippen LogP contribution >= 0.6 is 15.9 Å². The third kappa shape index (κ3) is 9.99. The summed E-state index contributed by atoms with van der Waals surface area (Å²) >= 11 is 3.66. The second-order valence-electron chi connectivity index (χ2n) is 9.91. The lowest BCUT2D eigenvalue weighted by Crippen LogP contribution is -2.58. The van der Waals surface area contributed by atoms with Crippen LogP contribution in [-0.4, -0.2) is 57.5 Å². The lowest BCUT2D eigenvalue weighted by Gasteiger charge is -2.46. The number of aryl methyl sites for hydroxylation is 1. The van der Waals surface area contributed by atoms with Crippen LogP contribution in [0.5, 0.6) is 0 Å². The maximum Gasteiger partial charge on any atom is 0.117 e. The van der Waals surface area contributed by atoms with Crippen LogP contribution in [0.4, 0.5) is 0 Å². The molecule has 0 bridgehead atoms. The van der Waals surface area contributed by atoms with Gasteiger partial charge in [-0.3, -0.25) is 0 Å². The number of halogens is 1. The lowest BCUT2D eigenvalue weighted by molar-refractivity contribution is -0.268. The molecular formula is C30H51BrO5. The Morgan fingerprint density at radius 2 is 1.31 bits per heavy atom. The standard InChI is InChI=1S/C30H51BrO5/c1-6-10-16-32-22-26-28(33-17-11-7-2)30(35-19-13-9-4)29(34-18-12-8-3)27(36-26)24-15-14-23(5)25(20-24)21-31/h14-15,20,26-30H,6-13,16-19,21-22H2,1-5H3/t26-,27?,28-,29+,30+/m1/s1. The summed E-state index contributed by atoms with van der Waals surface area (Å²) in [4.78, 5) is 0. The molecule has 0 radical (unpaired) electrons. The van der Waals surface area contributed by atoms with Crippen LogP contribution in [0.2, 0.25) is 0 Å². The van der Waals surface area contributed by atoms with Gasteiger partial charge in [-0.2, -0.15) is 0 Å². The Morgan fingerprint density at radius 3 is 1.89 bits per heavy atom. The molecule has 6 heteroatoms. The zero-order valence-corrected chi connectivity index (χ0v) is 25.0. The summed E-state index contributed by atoms with van der Waals surface area (Å²) < 4.78 is 32.6. The molecule has 0 saturated carbocycles. The minimum absolute atomic E-state index is 0.211. The van der Waals surface area contributed by atoms with Crippen molar-refractivity contribution in [3.8, 4) is 0 Å². The van der Waals surface area contributed by atoms with Gasteiger partial charge in [-0.25, -0.2) is 0 Å². The third-order valence-corrected chi connectivity index (χ3v) is 7.43. The molecule has 0 amide bonds. The Morgan fingerprint density at radius 1 is 0.750 bits per heavy atom. The van der Waals surface area contributed by atoms with Crippen LogP contribution in [0.1, 0.15) is 102 Å². The highest BCUT2D eigenvalue weighted by Crippen LogP contribution is 2.38. The fraction of sp³-hybridized carbons (Fsp3) is 0.800. The molecule has 36 heavy (non-hydrogen) atoms. The molecule has 2 rings (SSSR count). The molecule has 5 atom stereocenters. The molecular weight excluding hydrogens is 520 g/mol. The first-order chi connectivity index (χ1) is 17.6. The smallest absolute Gasteiger partial charge is 0.117 e. The van der Waals surface area contributed by atoms with Crippen molar-refractivity contribution >= 4 is 15.9 Å². The number of benzene rings is 1. The number of rotatable bonds is 19. The fourth-order valence-corrected chi connectivity index (χ4v) is 5.04. The van der Waals surface area contributed by atoms with Gasteiger partial charge in [0, 0.05) is 31.8 Å². The van der Waals surface area contributed by atoms with E-state index < -0.39 is 0 Å². The minimum atomic E-state index is -0.238. The fourth-order valence-electron chi connectivity index (χ4n) is 4.44. The van der Waals surface area contributed by atoms with E-state index in [0.717, 1.165) is 68.9 Å². The van der Waals surface area contributed by atoms with Crippen molar-refractivity contribution in [1.29, 1.82) is 0 Å². The molecule has 0 spiro atoms. The average Bonchev–Trinajstić information content (AvgIpc) is 2.89. The molecule has 0 N–H and O–H groups in total. The Bertz CT molecular complexity index is 700. The van der Waals surface area contributed by atoms with Crippen molar-refractivity contribution in [3.05, 3.63) is 34.9 Å². The highest BCUT2D eigenvalue weighted by molar-refractivity contribution is 9.08. The first-order valence-corrected chi connectivity index (χ1v) is 15.5. The number of hydrogen-bond acceptors (Lipinski definition) is 5. The van der Waals surface area contributed by atoms with Gasteiger partial charge in [-0.15, -0.1) is 0 Å². The van der Waals surface area contributed by atoms with Crippen LogP contribution < -0.4 is 0 Å². The van der Waals surface area contributed by atoms with Gasteiger partial charge < -0.3 is 23.7 Å². The molecule has 0 aromatic heterocycles. The summed E-state index contributed by atoms with van der Waals surface area (Å²) in [6.07, 6.45) is 7.33. The molecule has 1 heterocycles. The summed E-state index contributed by atoms with van der Waals surface area (Å²) in [5.41, 5.74) is 3.67. The van der Waals surface area contributed by atoms with E-state index in [1.165, 1.54) is 11.1 Å². The van der Waals surface area contributed by atoms with E-state index in [4.69, 9.17) is 23.7 Å². The maximum absolute atomic E-state index is 6.84. The normalized spacial score (nSPS) is 24.3. The SMILES string of the molecule is CCCCOC[C@H]1OC(c2ccc(C)c(CBr)c2)[C@H](OCCCC)[C@@H](OCCCC)[C@@H]1OCCCC. The number of unbranched alkanes of at least 4 members (excludes halogenated alkanes) is 4. The van der Waals surface area contributed by atoms with E-state index in [1.54, 1.807) is 0 Å². The van der Waals surface area contributed by atoms with Crippen LogP contribution in [0.15, 0.2) is 18.2 Å². The Labute approximate surface area is 229 Å². The van der Waals surface area contributed by atoms with E-state index in [1.807, 2.05) is 0 Å². The van der Waals surface area contributed by atoms with Crippen LogP contribution in [0, 0.1) is 6.92 Å². The summed E-state index contributed by atoms with van der Waals surface area (Å²) in [6.45, 7) is 14.2. The van der Waals surface area contributed by atoms with E-state index in [2.05, 4.69) is 68.7 Å². The third-order valence-electron chi connectivity index (χ3n) is 6.83. The number of ether oxygens (including phenoxy) is 5. The summed E-state index contributed by atoms with van der Waals surface area (Å²) in [6, 6.07) is 6.61. The second-order valence-corrected chi connectivity index (χ2v) is 10.5. The molecule has 208 valence electrons. The van der Waals surface area contributed by atoms with Crippen LogP contribution in [-0.2, 0) is 29.0 Å². The molecule has 1 unspecified atom stereocenters. The van der Waals surface area contributed by atoms with E-state index in [0.29, 0.717) is 26.4 Å². The minimum Gasteiger partial charge on any atom is -0.379 e. The largest absolute Gasteiger partial charge is 0.379 e. The van der Waals surface area contributed by atoms with Crippen LogP contribution in [0.3, 0.4) is 0 Å². The first kappa shape index (κ1) is 31.7. The molecule has 1 fully saturated rings. The van der Waals surface area contributed by atoms with Gasteiger partial charge in [0.25, 0.3) is 0 Å².